The number of quaternary nitrogens is 1. The van der Waals surface area contributed by atoms with Gasteiger partial charge in [-0.15, -0.1) is 0 Å². The number of amides is 2. The van der Waals surface area contributed by atoms with Gasteiger partial charge in [-0.2, -0.15) is 0 Å². The van der Waals surface area contributed by atoms with Crippen LogP contribution in [0.15, 0.2) is 18.2 Å². The lowest BCUT2D eigenvalue weighted by Crippen LogP contribution is -3.15. The lowest BCUT2D eigenvalue weighted by Gasteiger charge is -2.20. The Morgan fingerprint density at radius 2 is 1.86 bits per heavy atom. The third kappa shape index (κ3) is 5.16. The van der Waals surface area contributed by atoms with Crippen molar-refractivity contribution in [3.05, 3.63) is 28.2 Å². The van der Waals surface area contributed by atoms with Crippen LogP contribution in [0.2, 0.25) is 10.0 Å². The molecule has 1 aromatic carbocycles. The maximum absolute atomic E-state index is 12.2. The Morgan fingerprint density at radius 1 is 1.27 bits per heavy atom. The van der Waals surface area contributed by atoms with E-state index in [1.165, 1.54) is 0 Å². The average Bonchev–Trinajstić information content (AvgIpc) is 3.20. The van der Waals surface area contributed by atoms with Crippen LogP contribution in [0.1, 0.15) is 19.8 Å². The monoisotopic (exact) mass is 344 g/mol. The zero-order valence-electron chi connectivity index (χ0n) is 12.6. The number of carbonyl (C=O) groups excluding carboxylic acids is 2. The molecule has 2 amide bonds. The highest BCUT2D eigenvalue weighted by molar-refractivity contribution is 6.35. The van der Waals surface area contributed by atoms with Gasteiger partial charge in [-0.1, -0.05) is 23.2 Å². The molecule has 0 saturated heterocycles. The van der Waals surface area contributed by atoms with E-state index in [-0.39, 0.29) is 24.4 Å². The topological polar surface area (TPSA) is 62.6 Å². The highest BCUT2D eigenvalue weighted by atomic mass is 35.5. The van der Waals surface area contributed by atoms with Crippen LogP contribution in [0.3, 0.4) is 0 Å². The first-order valence-electron chi connectivity index (χ1n) is 7.24. The fourth-order valence-electron chi connectivity index (χ4n) is 2.01. The van der Waals surface area contributed by atoms with Gasteiger partial charge in [-0.3, -0.25) is 9.59 Å². The number of nitrogens with one attached hydrogen (secondary N) is 3. The first-order valence-corrected chi connectivity index (χ1v) is 7.99. The Bertz CT molecular complexity index is 556. The third-order valence-corrected chi connectivity index (χ3v) is 4.08. The summed E-state index contributed by atoms with van der Waals surface area (Å²) in [7, 11) is 1.82. The Balaban J connectivity index is 1.88. The Morgan fingerprint density at radius 3 is 2.41 bits per heavy atom. The van der Waals surface area contributed by atoms with E-state index in [0.29, 0.717) is 21.8 Å². The summed E-state index contributed by atoms with van der Waals surface area (Å²) in [6, 6.07) is 4.82. The SMILES string of the molecule is C[C@@H](C(=O)Nc1cc(Cl)cc(Cl)c1)[NH+](C)CC(=O)NC1CC1. The van der Waals surface area contributed by atoms with E-state index in [0.717, 1.165) is 17.7 Å². The minimum atomic E-state index is -0.372. The fraction of sp³-hybridized carbons (Fsp3) is 0.467. The molecule has 7 heteroatoms. The van der Waals surface area contributed by atoms with Crippen molar-refractivity contribution in [2.75, 3.05) is 18.9 Å². The first-order chi connectivity index (χ1) is 10.3. The van der Waals surface area contributed by atoms with E-state index in [4.69, 9.17) is 23.2 Å². The van der Waals surface area contributed by atoms with Crippen molar-refractivity contribution in [2.24, 2.45) is 0 Å². The molecule has 2 atom stereocenters. The molecular weight excluding hydrogens is 325 g/mol. The van der Waals surface area contributed by atoms with Gasteiger partial charge in [-0.05, 0) is 38.0 Å². The number of carbonyl (C=O) groups is 2. The maximum Gasteiger partial charge on any atom is 0.282 e. The van der Waals surface area contributed by atoms with Crippen molar-refractivity contribution in [2.45, 2.75) is 31.8 Å². The van der Waals surface area contributed by atoms with Crippen LogP contribution >= 0.6 is 23.2 Å². The van der Waals surface area contributed by atoms with Crippen LogP contribution in [-0.4, -0.2) is 37.5 Å². The molecule has 0 bridgehead atoms. The van der Waals surface area contributed by atoms with Gasteiger partial charge >= 0.3 is 0 Å². The molecule has 1 fully saturated rings. The summed E-state index contributed by atoms with van der Waals surface area (Å²) < 4.78 is 0. The minimum absolute atomic E-state index is 0.0227. The molecule has 5 nitrogen and oxygen atoms in total. The lowest BCUT2D eigenvalue weighted by atomic mass is 10.2. The molecule has 120 valence electrons. The van der Waals surface area contributed by atoms with Gasteiger partial charge < -0.3 is 15.5 Å². The second kappa shape index (κ2) is 7.31. The summed E-state index contributed by atoms with van der Waals surface area (Å²) in [6.07, 6.45) is 2.10. The zero-order valence-corrected chi connectivity index (χ0v) is 14.1. The Hall–Kier alpha value is -1.30. The Labute approximate surface area is 139 Å². The molecule has 2 rings (SSSR count). The molecular formula is C15H20Cl2N3O2+. The van der Waals surface area contributed by atoms with E-state index in [2.05, 4.69) is 10.6 Å². The normalized spacial score (nSPS) is 16.7. The summed E-state index contributed by atoms with van der Waals surface area (Å²) in [5.41, 5.74) is 0.546. The first kappa shape index (κ1) is 17.1. The van der Waals surface area contributed by atoms with E-state index >= 15 is 0 Å². The van der Waals surface area contributed by atoms with Crippen LogP contribution in [0.4, 0.5) is 5.69 Å². The molecule has 0 aliphatic heterocycles. The molecule has 0 radical (unpaired) electrons. The molecule has 1 unspecified atom stereocenters. The van der Waals surface area contributed by atoms with Gasteiger partial charge in [0.15, 0.2) is 12.6 Å². The largest absolute Gasteiger partial charge is 0.348 e. The molecule has 1 aliphatic rings. The third-order valence-electron chi connectivity index (χ3n) is 3.64. The summed E-state index contributed by atoms with van der Waals surface area (Å²) in [5, 5.41) is 6.60. The molecule has 0 heterocycles. The molecule has 0 aromatic heterocycles. The lowest BCUT2D eigenvalue weighted by molar-refractivity contribution is -0.885. The van der Waals surface area contributed by atoms with Crippen molar-refractivity contribution in [1.82, 2.24) is 5.32 Å². The maximum atomic E-state index is 12.2. The highest BCUT2D eigenvalue weighted by Gasteiger charge is 2.27. The second-order valence-electron chi connectivity index (χ2n) is 5.73. The van der Waals surface area contributed by atoms with E-state index in [9.17, 15) is 9.59 Å². The van der Waals surface area contributed by atoms with Crippen LogP contribution in [0, 0.1) is 0 Å². The highest BCUT2D eigenvalue weighted by Crippen LogP contribution is 2.22. The second-order valence-corrected chi connectivity index (χ2v) is 6.61. The zero-order chi connectivity index (χ0) is 16.3. The van der Waals surface area contributed by atoms with Gasteiger partial charge in [0.1, 0.15) is 0 Å². The summed E-state index contributed by atoms with van der Waals surface area (Å²) in [5.74, 6) is -0.208. The van der Waals surface area contributed by atoms with Gasteiger partial charge in [0.25, 0.3) is 11.8 Å². The van der Waals surface area contributed by atoms with Gasteiger partial charge in [0.2, 0.25) is 0 Å². The van der Waals surface area contributed by atoms with Crippen LogP contribution in [0.25, 0.3) is 0 Å². The standard InChI is InChI=1S/C15H19Cl2N3O2/c1-9(20(2)8-14(21)18-12-3-4-12)15(22)19-13-6-10(16)5-11(17)7-13/h5-7,9,12H,3-4,8H2,1-2H3,(H,18,21)(H,19,22)/p+1/t9-/m0/s1. The number of halogens is 2. The quantitative estimate of drug-likeness (QED) is 0.723. The predicted octanol–water partition coefficient (Wildman–Crippen LogP) is 1.11. The number of rotatable bonds is 6. The van der Waals surface area contributed by atoms with Crippen molar-refractivity contribution in [1.29, 1.82) is 0 Å². The molecule has 22 heavy (non-hydrogen) atoms. The average molecular weight is 345 g/mol. The van der Waals surface area contributed by atoms with Crippen molar-refractivity contribution in [3.63, 3.8) is 0 Å². The van der Waals surface area contributed by atoms with Crippen molar-refractivity contribution in [3.8, 4) is 0 Å². The molecule has 1 saturated carbocycles. The molecule has 1 aliphatic carbocycles. The molecule has 1 aromatic rings. The van der Waals surface area contributed by atoms with Crippen molar-refractivity contribution >= 4 is 40.7 Å². The smallest absolute Gasteiger partial charge is 0.282 e. The van der Waals surface area contributed by atoms with Gasteiger partial charge in [0.05, 0.1) is 7.05 Å². The van der Waals surface area contributed by atoms with Crippen LogP contribution in [0.5, 0.6) is 0 Å². The van der Waals surface area contributed by atoms with Crippen LogP contribution < -0.4 is 15.5 Å². The minimum Gasteiger partial charge on any atom is -0.348 e. The summed E-state index contributed by atoms with van der Waals surface area (Å²) >= 11 is 11.8. The number of likely N-dealkylation sites (N-methyl/N-ethyl adjacent to an activating group) is 1. The summed E-state index contributed by atoms with van der Waals surface area (Å²) in [4.78, 5) is 24.8. The number of anilines is 1. The summed E-state index contributed by atoms with van der Waals surface area (Å²) in [6.45, 7) is 2.04. The Kier molecular flexibility index (Phi) is 5.67. The number of hydrogen-bond acceptors (Lipinski definition) is 2. The van der Waals surface area contributed by atoms with Crippen LogP contribution in [-0.2, 0) is 9.59 Å². The van der Waals surface area contributed by atoms with E-state index in [1.807, 2.05) is 7.05 Å². The predicted molar refractivity (Wildman–Crippen MR) is 87.5 cm³/mol. The number of hydrogen-bond donors (Lipinski definition) is 3. The van der Waals surface area contributed by atoms with E-state index in [1.54, 1.807) is 25.1 Å². The van der Waals surface area contributed by atoms with Crippen molar-refractivity contribution < 1.29 is 14.5 Å². The van der Waals surface area contributed by atoms with Gasteiger partial charge in [0, 0.05) is 21.8 Å². The molecule has 0 spiro atoms. The molecule has 3 N–H and O–H groups in total. The van der Waals surface area contributed by atoms with E-state index < -0.39 is 0 Å². The fourth-order valence-corrected chi connectivity index (χ4v) is 2.54. The van der Waals surface area contributed by atoms with Gasteiger partial charge in [-0.25, -0.2) is 0 Å². The number of benzene rings is 1.